The van der Waals surface area contributed by atoms with Gasteiger partial charge in [0.2, 0.25) is 0 Å². The molecule has 4 aromatic rings. The zero-order valence-corrected chi connectivity index (χ0v) is 16.5. The van der Waals surface area contributed by atoms with Crippen molar-refractivity contribution in [2.24, 2.45) is 0 Å². The van der Waals surface area contributed by atoms with Gasteiger partial charge in [-0.15, -0.1) is 11.3 Å². The van der Waals surface area contributed by atoms with E-state index in [9.17, 15) is 18.0 Å². The number of para-hydroxylation sites is 1. The summed E-state index contributed by atoms with van der Waals surface area (Å²) in [6.45, 7) is 1.71. The number of hydrogen-bond acceptors (Lipinski definition) is 3. The monoisotopic (exact) mass is 432 g/mol. The van der Waals surface area contributed by atoms with E-state index in [0.717, 1.165) is 28.4 Å². The molecule has 0 aliphatic heterocycles. The van der Waals surface area contributed by atoms with E-state index >= 15 is 0 Å². The van der Waals surface area contributed by atoms with E-state index < -0.39 is 28.4 Å². The van der Waals surface area contributed by atoms with Crippen molar-refractivity contribution >= 4 is 44.7 Å². The Morgan fingerprint density at radius 3 is 2.62 bits per heavy atom. The van der Waals surface area contributed by atoms with Crippen molar-refractivity contribution in [3.8, 4) is 10.6 Å². The number of halogens is 4. The molecule has 3 aromatic carbocycles. The number of rotatable bonds is 3. The van der Waals surface area contributed by atoms with Crippen LogP contribution >= 0.6 is 22.9 Å². The highest BCUT2D eigenvalue weighted by atomic mass is 35.5. The van der Waals surface area contributed by atoms with E-state index in [4.69, 9.17) is 11.6 Å². The first-order valence-electron chi connectivity index (χ1n) is 8.46. The molecule has 0 bridgehead atoms. The third-order valence-electron chi connectivity index (χ3n) is 4.42. The standard InChI is InChI=1S/C21H12ClF3N2OS/c1-10-13(21-27-15-4-2-3-5-17(15)29-21)8-11(23)9-16(10)26-20(28)12-6-7-14(24)19(25)18(12)22/h2-9H,1H3,(H,26,28). The number of nitrogens with one attached hydrogen (secondary N) is 1. The Bertz CT molecular complexity index is 1240. The number of fused-ring (bicyclic) bond motifs is 1. The van der Waals surface area contributed by atoms with Crippen LogP contribution in [0.5, 0.6) is 0 Å². The predicted octanol–water partition coefficient (Wildman–Crippen LogP) is 6.59. The predicted molar refractivity (Wildman–Crippen MR) is 109 cm³/mol. The zero-order chi connectivity index (χ0) is 20.7. The molecule has 0 aliphatic carbocycles. The van der Waals surface area contributed by atoms with Crippen LogP contribution < -0.4 is 5.32 Å². The molecule has 0 radical (unpaired) electrons. The summed E-state index contributed by atoms with van der Waals surface area (Å²) in [6, 6.07) is 11.9. The number of nitrogens with zero attached hydrogens (tertiary/aromatic N) is 1. The van der Waals surface area contributed by atoms with Crippen LogP contribution in [0.15, 0.2) is 48.5 Å². The molecule has 0 aliphatic rings. The average Bonchev–Trinajstić information content (AvgIpc) is 3.12. The Morgan fingerprint density at radius 1 is 1.10 bits per heavy atom. The lowest BCUT2D eigenvalue weighted by molar-refractivity contribution is 0.102. The number of aromatic nitrogens is 1. The second kappa shape index (κ2) is 7.50. The molecule has 0 saturated heterocycles. The van der Waals surface area contributed by atoms with Crippen LogP contribution in [0.3, 0.4) is 0 Å². The molecule has 29 heavy (non-hydrogen) atoms. The third-order valence-corrected chi connectivity index (χ3v) is 5.86. The SMILES string of the molecule is Cc1c(NC(=O)c2ccc(F)c(F)c2Cl)cc(F)cc1-c1nc2ccccc2s1. The summed E-state index contributed by atoms with van der Waals surface area (Å²) < 4.78 is 42.2. The molecular weight excluding hydrogens is 421 g/mol. The maximum Gasteiger partial charge on any atom is 0.257 e. The summed E-state index contributed by atoms with van der Waals surface area (Å²) in [5.41, 5.74) is 1.83. The van der Waals surface area contributed by atoms with Gasteiger partial charge in [-0.05, 0) is 48.9 Å². The highest BCUT2D eigenvalue weighted by Crippen LogP contribution is 2.35. The molecule has 1 amide bonds. The van der Waals surface area contributed by atoms with E-state index in [-0.39, 0.29) is 11.3 Å². The van der Waals surface area contributed by atoms with E-state index in [2.05, 4.69) is 10.3 Å². The van der Waals surface area contributed by atoms with Gasteiger partial charge in [-0.25, -0.2) is 18.2 Å². The number of amides is 1. The van der Waals surface area contributed by atoms with Gasteiger partial charge < -0.3 is 5.32 Å². The Morgan fingerprint density at radius 2 is 1.86 bits per heavy atom. The maximum atomic E-state index is 14.3. The summed E-state index contributed by atoms with van der Waals surface area (Å²) >= 11 is 7.15. The molecule has 146 valence electrons. The first kappa shape index (κ1) is 19.4. The van der Waals surface area contributed by atoms with E-state index in [1.807, 2.05) is 24.3 Å². The highest BCUT2D eigenvalue weighted by Gasteiger charge is 2.20. The van der Waals surface area contributed by atoms with Crippen molar-refractivity contribution in [3.63, 3.8) is 0 Å². The number of benzene rings is 3. The van der Waals surface area contributed by atoms with Crippen LogP contribution in [0.2, 0.25) is 5.02 Å². The Labute approximate surface area is 172 Å². The summed E-state index contributed by atoms with van der Waals surface area (Å²) in [6.07, 6.45) is 0. The first-order chi connectivity index (χ1) is 13.8. The molecule has 1 aromatic heterocycles. The Kier molecular flexibility index (Phi) is 5.02. The molecule has 0 spiro atoms. The summed E-state index contributed by atoms with van der Waals surface area (Å²) in [5, 5.41) is 2.49. The fourth-order valence-corrected chi connectivity index (χ4v) is 4.19. The van der Waals surface area contributed by atoms with Crippen LogP contribution in [-0.2, 0) is 0 Å². The molecule has 0 unspecified atom stereocenters. The fraction of sp³-hybridized carbons (Fsp3) is 0.0476. The van der Waals surface area contributed by atoms with Crippen molar-refractivity contribution < 1.29 is 18.0 Å². The highest BCUT2D eigenvalue weighted by molar-refractivity contribution is 7.21. The number of carbonyl (C=O) groups excluding carboxylic acids is 1. The summed E-state index contributed by atoms with van der Waals surface area (Å²) in [5.74, 6) is -3.83. The lowest BCUT2D eigenvalue weighted by atomic mass is 10.1. The van der Waals surface area contributed by atoms with Crippen molar-refractivity contribution in [1.82, 2.24) is 4.98 Å². The van der Waals surface area contributed by atoms with Gasteiger partial charge >= 0.3 is 0 Å². The van der Waals surface area contributed by atoms with Crippen molar-refractivity contribution in [3.05, 3.63) is 82.1 Å². The fourth-order valence-electron chi connectivity index (χ4n) is 2.91. The molecule has 4 rings (SSSR count). The Balaban J connectivity index is 1.74. The van der Waals surface area contributed by atoms with Crippen LogP contribution in [0.1, 0.15) is 15.9 Å². The van der Waals surface area contributed by atoms with Crippen LogP contribution in [-0.4, -0.2) is 10.9 Å². The van der Waals surface area contributed by atoms with Gasteiger partial charge in [-0.2, -0.15) is 0 Å². The quantitative estimate of drug-likeness (QED) is 0.371. The van der Waals surface area contributed by atoms with Gasteiger partial charge in [-0.3, -0.25) is 4.79 Å². The topological polar surface area (TPSA) is 42.0 Å². The Hall–Kier alpha value is -2.90. The number of carbonyl (C=O) groups is 1. The molecule has 0 saturated carbocycles. The summed E-state index contributed by atoms with van der Waals surface area (Å²) in [4.78, 5) is 17.1. The van der Waals surface area contributed by atoms with Gasteiger partial charge in [0, 0.05) is 11.3 Å². The molecule has 3 nitrogen and oxygen atoms in total. The second-order valence-corrected chi connectivity index (χ2v) is 7.70. The lowest BCUT2D eigenvalue weighted by Gasteiger charge is -2.13. The lowest BCUT2D eigenvalue weighted by Crippen LogP contribution is -2.14. The van der Waals surface area contributed by atoms with Gasteiger partial charge in [0.05, 0.1) is 20.8 Å². The van der Waals surface area contributed by atoms with Gasteiger partial charge in [0.1, 0.15) is 10.8 Å². The van der Waals surface area contributed by atoms with Gasteiger partial charge in [0.25, 0.3) is 5.91 Å². The first-order valence-corrected chi connectivity index (χ1v) is 9.65. The van der Waals surface area contributed by atoms with E-state index in [1.165, 1.54) is 17.4 Å². The van der Waals surface area contributed by atoms with Crippen molar-refractivity contribution in [2.75, 3.05) is 5.32 Å². The van der Waals surface area contributed by atoms with Gasteiger partial charge in [-0.1, -0.05) is 23.7 Å². The smallest absolute Gasteiger partial charge is 0.257 e. The molecule has 8 heteroatoms. The van der Waals surface area contributed by atoms with Crippen LogP contribution in [0.4, 0.5) is 18.9 Å². The minimum absolute atomic E-state index is 0.185. The average molecular weight is 433 g/mol. The van der Waals surface area contributed by atoms with Crippen molar-refractivity contribution in [2.45, 2.75) is 6.92 Å². The minimum Gasteiger partial charge on any atom is -0.322 e. The number of hydrogen-bond donors (Lipinski definition) is 1. The number of thiazole rings is 1. The molecule has 1 N–H and O–H groups in total. The third kappa shape index (κ3) is 3.59. The molecule has 0 atom stereocenters. The second-order valence-electron chi connectivity index (χ2n) is 6.29. The van der Waals surface area contributed by atoms with E-state index in [0.29, 0.717) is 16.1 Å². The number of anilines is 1. The molecular formula is C21H12ClF3N2OS. The minimum atomic E-state index is -1.31. The molecule has 0 fully saturated rings. The van der Waals surface area contributed by atoms with Crippen molar-refractivity contribution in [1.29, 1.82) is 0 Å². The van der Waals surface area contributed by atoms with Gasteiger partial charge in [0.15, 0.2) is 11.6 Å². The van der Waals surface area contributed by atoms with E-state index in [1.54, 1.807) is 6.92 Å². The summed E-state index contributed by atoms with van der Waals surface area (Å²) in [7, 11) is 0. The maximum absolute atomic E-state index is 14.3. The molecule has 1 heterocycles. The van der Waals surface area contributed by atoms with Crippen LogP contribution in [0.25, 0.3) is 20.8 Å². The van der Waals surface area contributed by atoms with Crippen LogP contribution in [0, 0.1) is 24.4 Å². The largest absolute Gasteiger partial charge is 0.322 e. The normalized spacial score (nSPS) is 11.1. The zero-order valence-electron chi connectivity index (χ0n) is 14.9.